The van der Waals surface area contributed by atoms with Gasteiger partial charge < -0.3 is 5.32 Å². The molecule has 0 aromatic heterocycles. The van der Waals surface area contributed by atoms with E-state index in [2.05, 4.69) is 5.32 Å². The number of nitro groups is 1. The molecule has 1 N–H and O–H groups in total. The van der Waals surface area contributed by atoms with E-state index in [0.717, 1.165) is 11.1 Å². The van der Waals surface area contributed by atoms with Gasteiger partial charge in [0.1, 0.15) is 0 Å². The highest BCUT2D eigenvalue weighted by Gasteiger charge is 2.10. The molecule has 4 nitrogen and oxygen atoms in total. The van der Waals surface area contributed by atoms with E-state index in [1.54, 1.807) is 18.2 Å². The van der Waals surface area contributed by atoms with Crippen molar-refractivity contribution in [2.45, 2.75) is 13.5 Å². The van der Waals surface area contributed by atoms with Crippen LogP contribution in [0, 0.1) is 17.0 Å². The van der Waals surface area contributed by atoms with E-state index in [9.17, 15) is 10.1 Å². The van der Waals surface area contributed by atoms with Crippen molar-refractivity contribution in [1.82, 2.24) is 0 Å². The Kier molecular flexibility index (Phi) is 4.93. The van der Waals surface area contributed by atoms with E-state index in [0.29, 0.717) is 27.3 Å². The summed E-state index contributed by atoms with van der Waals surface area (Å²) in [7, 11) is 0. The molecule has 110 valence electrons. The van der Waals surface area contributed by atoms with E-state index >= 15 is 0 Å². The van der Waals surface area contributed by atoms with Crippen LogP contribution in [0.25, 0.3) is 0 Å². The molecule has 2 aromatic carbocycles. The molecule has 0 bridgehead atoms. The maximum absolute atomic E-state index is 10.7. The number of halogens is 3. The number of anilines is 1. The van der Waals surface area contributed by atoms with Crippen LogP contribution in [-0.4, -0.2) is 4.92 Å². The van der Waals surface area contributed by atoms with Gasteiger partial charge in [0.15, 0.2) is 0 Å². The summed E-state index contributed by atoms with van der Waals surface area (Å²) >= 11 is 18.2. The van der Waals surface area contributed by atoms with Crippen LogP contribution in [0.2, 0.25) is 15.1 Å². The van der Waals surface area contributed by atoms with Gasteiger partial charge in [-0.15, -0.1) is 0 Å². The fourth-order valence-corrected chi connectivity index (χ4v) is 2.46. The summed E-state index contributed by atoms with van der Waals surface area (Å²) in [5, 5.41) is 15.3. The molecule has 0 radical (unpaired) electrons. The Balaban J connectivity index is 2.17. The number of non-ortho nitro benzene ring substituents is 1. The van der Waals surface area contributed by atoms with Gasteiger partial charge in [-0.25, -0.2) is 0 Å². The summed E-state index contributed by atoms with van der Waals surface area (Å²) in [5.41, 5.74) is 2.26. The molecule has 0 saturated carbocycles. The van der Waals surface area contributed by atoms with Gasteiger partial charge in [0.25, 0.3) is 5.69 Å². The number of nitrogens with zero attached hydrogens (tertiary/aromatic N) is 1. The van der Waals surface area contributed by atoms with Crippen molar-refractivity contribution in [3.8, 4) is 0 Å². The molecule has 0 unspecified atom stereocenters. The first kappa shape index (κ1) is 15.9. The third-order valence-electron chi connectivity index (χ3n) is 2.97. The van der Waals surface area contributed by atoms with Crippen LogP contribution in [0.3, 0.4) is 0 Å². The van der Waals surface area contributed by atoms with Crippen molar-refractivity contribution in [1.29, 1.82) is 0 Å². The van der Waals surface area contributed by atoms with Crippen LogP contribution in [0.4, 0.5) is 11.4 Å². The fraction of sp³-hybridized carbons (Fsp3) is 0.143. The van der Waals surface area contributed by atoms with Crippen molar-refractivity contribution in [2.24, 2.45) is 0 Å². The minimum absolute atomic E-state index is 0.0415. The molecule has 0 atom stereocenters. The van der Waals surface area contributed by atoms with E-state index in [-0.39, 0.29) is 5.69 Å². The summed E-state index contributed by atoms with van der Waals surface area (Å²) in [5.74, 6) is 0. The standard InChI is InChI=1S/C14H11Cl3N2O2/c1-8-4-13(17)14(6-11(8)15)18-7-9-2-3-10(19(20)21)5-12(9)16/h2-6,18H,7H2,1H3. The Bertz CT molecular complexity index is 705. The lowest BCUT2D eigenvalue weighted by Crippen LogP contribution is -2.01. The largest absolute Gasteiger partial charge is 0.380 e. The maximum Gasteiger partial charge on any atom is 0.270 e. The second kappa shape index (κ2) is 6.52. The second-order valence-electron chi connectivity index (χ2n) is 4.47. The minimum Gasteiger partial charge on any atom is -0.380 e. The predicted molar refractivity (Wildman–Crippen MR) is 86.6 cm³/mol. The number of nitrogens with one attached hydrogen (secondary N) is 1. The van der Waals surface area contributed by atoms with Crippen molar-refractivity contribution in [3.63, 3.8) is 0 Å². The van der Waals surface area contributed by atoms with Gasteiger partial charge in [-0.05, 0) is 36.2 Å². The third kappa shape index (κ3) is 3.79. The van der Waals surface area contributed by atoms with Crippen molar-refractivity contribution in [3.05, 3.63) is 66.6 Å². The van der Waals surface area contributed by atoms with Crippen LogP contribution in [-0.2, 0) is 6.54 Å². The van der Waals surface area contributed by atoms with Gasteiger partial charge in [-0.1, -0.05) is 34.8 Å². The summed E-state index contributed by atoms with van der Waals surface area (Å²) in [6, 6.07) is 7.84. The quantitative estimate of drug-likeness (QED) is 0.590. The van der Waals surface area contributed by atoms with Crippen LogP contribution in [0.15, 0.2) is 30.3 Å². The van der Waals surface area contributed by atoms with Gasteiger partial charge >= 0.3 is 0 Å². The summed E-state index contributed by atoms with van der Waals surface area (Å²) < 4.78 is 0. The Morgan fingerprint density at radius 3 is 2.43 bits per heavy atom. The topological polar surface area (TPSA) is 55.2 Å². The molecule has 0 fully saturated rings. The van der Waals surface area contributed by atoms with E-state index in [1.807, 2.05) is 6.92 Å². The smallest absolute Gasteiger partial charge is 0.270 e. The molecular formula is C14H11Cl3N2O2. The van der Waals surface area contributed by atoms with Crippen LogP contribution in [0.1, 0.15) is 11.1 Å². The zero-order chi connectivity index (χ0) is 15.6. The summed E-state index contributed by atoms with van der Waals surface area (Å²) in [6.45, 7) is 2.25. The monoisotopic (exact) mass is 344 g/mol. The Hall–Kier alpha value is -1.49. The van der Waals surface area contributed by atoms with E-state index < -0.39 is 4.92 Å². The Morgan fingerprint density at radius 2 is 1.81 bits per heavy atom. The van der Waals surface area contributed by atoms with Gasteiger partial charge in [-0.3, -0.25) is 10.1 Å². The Labute approximate surface area is 136 Å². The van der Waals surface area contributed by atoms with Crippen molar-refractivity contribution >= 4 is 46.2 Å². The molecule has 7 heteroatoms. The lowest BCUT2D eigenvalue weighted by molar-refractivity contribution is -0.384. The van der Waals surface area contributed by atoms with Crippen LogP contribution in [0.5, 0.6) is 0 Å². The number of hydrogen-bond acceptors (Lipinski definition) is 3. The van der Waals surface area contributed by atoms with Crippen molar-refractivity contribution in [2.75, 3.05) is 5.32 Å². The lowest BCUT2D eigenvalue weighted by Gasteiger charge is -2.11. The average molecular weight is 346 g/mol. The molecule has 0 aliphatic carbocycles. The van der Waals surface area contributed by atoms with Gasteiger partial charge in [0.05, 0.1) is 20.7 Å². The minimum atomic E-state index is -0.486. The molecule has 21 heavy (non-hydrogen) atoms. The first-order valence-electron chi connectivity index (χ1n) is 6.01. The third-order valence-corrected chi connectivity index (χ3v) is 4.04. The number of benzene rings is 2. The molecular weight excluding hydrogens is 335 g/mol. The number of aryl methyl sites for hydroxylation is 1. The zero-order valence-electron chi connectivity index (χ0n) is 11.0. The van der Waals surface area contributed by atoms with Gasteiger partial charge in [0, 0.05) is 23.7 Å². The maximum atomic E-state index is 10.7. The molecule has 2 rings (SSSR count). The average Bonchev–Trinajstić information content (AvgIpc) is 2.42. The van der Waals surface area contributed by atoms with Gasteiger partial charge in [0.2, 0.25) is 0 Å². The fourth-order valence-electron chi connectivity index (χ4n) is 1.77. The lowest BCUT2D eigenvalue weighted by atomic mass is 10.2. The zero-order valence-corrected chi connectivity index (χ0v) is 13.3. The highest BCUT2D eigenvalue weighted by molar-refractivity contribution is 6.35. The molecule has 0 aliphatic rings. The number of rotatable bonds is 4. The first-order chi connectivity index (χ1) is 9.88. The van der Waals surface area contributed by atoms with Crippen molar-refractivity contribution < 1.29 is 4.92 Å². The molecule has 0 aliphatic heterocycles. The van der Waals surface area contributed by atoms with Crippen LogP contribution >= 0.6 is 34.8 Å². The molecule has 0 heterocycles. The summed E-state index contributed by atoms with van der Waals surface area (Å²) in [6.07, 6.45) is 0. The highest BCUT2D eigenvalue weighted by atomic mass is 35.5. The highest BCUT2D eigenvalue weighted by Crippen LogP contribution is 2.30. The van der Waals surface area contributed by atoms with Crippen LogP contribution < -0.4 is 5.32 Å². The Morgan fingerprint density at radius 1 is 1.10 bits per heavy atom. The number of nitro benzene ring substituents is 1. The van der Waals surface area contributed by atoms with E-state index in [1.165, 1.54) is 12.1 Å². The van der Waals surface area contributed by atoms with Gasteiger partial charge in [-0.2, -0.15) is 0 Å². The SMILES string of the molecule is Cc1cc(Cl)c(NCc2ccc([N+](=O)[O-])cc2Cl)cc1Cl. The number of hydrogen-bond donors (Lipinski definition) is 1. The molecule has 0 spiro atoms. The predicted octanol–water partition coefficient (Wildman–Crippen LogP) is 5.48. The van der Waals surface area contributed by atoms with E-state index in [4.69, 9.17) is 34.8 Å². The normalized spacial score (nSPS) is 10.5. The molecule has 2 aromatic rings. The molecule has 0 amide bonds. The summed E-state index contributed by atoms with van der Waals surface area (Å²) in [4.78, 5) is 10.2. The second-order valence-corrected chi connectivity index (χ2v) is 5.69. The first-order valence-corrected chi connectivity index (χ1v) is 7.14. The molecule has 0 saturated heterocycles.